The highest BCUT2D eigenvalue weighted by atomic mass is 35.5. The van der Waals surface area contributed by atoms with Crippen LogP contribution in [-0.4, -0.2) is 57.4 Å². The Morgan fingerprint density at radius 1 is 1.17 bits per heavy atom. The maximum atomic E-state index is 12.8. The summed E-state index contributed by atoms with van der Waals surface area (Å²) < 4.78 is 0. The molecule has 0 unspecified atom stereocenters. The molecule has 1 aromatic heterocycles. The van der Waals surface area contributed by atoms with E-state index in [0.717, 1.165) is 50.1 Å². The van der Waals surface area contributed by atoms with E-state index in [4.69, 9.17) is 11.6 Å². The van der Waals surface area contributed by atoms with Crippen molar-refractivity contribution in [2.45, 2.75) is 51.6 Å². The minimum Gasteiger partial charge on any atom is -0.337 e. The molecule has 4 rings (SSSR count). The number of carbonyl (C=O) groups excluding carboxylic acids is 2. The fourth-order valence-electron chi connectivity index (χ4n) is 4.72. The number of H-pyrrole nitrogens is 1. The highest BCUT2D eigenvalue weighted by molar-refractivity contribution is 6.32. The standard InChI is InChI=1S/C23H29ClN4O2/c1-16-14-27(11-12-28(16)23(30)17-5-2-3-6-17)15-19-8-4-7-18(22(19)24)13-21(29)20-9-10-25-26-20/h4,7-10,16-17H,2-3,5-6,11-15H2,1H3,(H,25,26)/t16-/m0/s1. The molecule has 1 aromatic carbocycles. The van der Waals surface area contributed by atoms with E-state index < -0.39 is 0 Å². The highest BCUT2D eigenvalue weighted by Gasteiger charge is 2.33. The molecule has 6 nitrogen and oxygen atoms in total. The van der Waals surface area contributed by atoms with Gasteiger partial charge in [0.1, 0.15) is 5.69 Å². The zero-order valence-electron chi connectivity index (χ0n) is 17.4. The van der Waals surface area contributed by atoms with Gasteiger partial charge >= 0.3 is 0 Å². The van der Waals surface area contributed by atoms with Crippen LogP contribution in [0.1, 0.15) is 54.2 Å². The Morgan fingerprint density at radius 2 is 1.93 bits per heavy atom. The highest BCUT2D eigenvalue weighted by Crippen LogP contribution is 2.29. The van der Waals surface area contributed by atoms with Crippen LogP contribution in [0.5, 0.6) is 0 Å². The molecule has 7 heteroatoms. The maximum absolute atomic E-state index is 12.8. The summed E-state index contributed by atoms with van der Waals surface area (Å²) >= 11 is 6.67. The van der Waals surface area contributed by atoms with Crippen LogP contribution in [0, 0.1) is 5.92 Å². The lowest BCUT2D eigenvalue weighted by atomic mass is 10.0. The topological polar surface area (TPSA) is 69.3 Å². The normalized spacial score (nSPS) is 20.6. The Morgan fingerprint density at radius 3 is 2.63 bits per heavy atom. The first kappa shape index (κ1) is 21.1. The predicted molar refractivity (Wildman–Crippen MR) is 116 cm³/mol. The minimum absolute atomic E-state index is 0.0285. The molecule has 1 saturated heterocycles. The van der Waals surface area contributed by atoms with Crippen molar-refractivity contribution in [1.82, 2.24) is 20.0 Å². The minimum atomic E-state index is -0.0285. The lowest BCUT2D eigenvalue weighted by Crippen LogP contribution is -2.54. The molecule has 2 heterocycles. The van der Waals surface area contributed by atoms with Crippen LogP contribution in [0.4, 0.5) is 0 Å². The van der Waals surface area contributed by atoms with Gasteiger partial charge in [0.05, 0.1) is 0 Å². The van der Waals surface area contributed by atoms with Gasteiger partial charge in [-0.3, -0.25) is 19.6 Å². The molecule has 1 N–H and O–H groups in total. The Hall–Kier alpha value is -2.18. The summed E-state index contributed by atoms with van der Waals surface area (Å²) in [6.07, 6.45) is 6.28. The quantitative estimate of drug-likeness (QED) is 0.712. The number of amides is 1. The van der Waals surface area contributed by atoms with E-state index >= 15 is 0 Å². The molecule has 0 spiro atoms. The first-order chi connectivity index (χ1) is 14.5. The number of carbonyl (C=O) groups is 2. The molecule has 1 aliphatic carbocycles. The number of aromatic amines is 1. The number of nitrogens with zero attached hydrogens (tertiary/aromatic N) is 3. The first-order valence-electron chi connectivity index (χ1n) is 10.8. The molecule has 2 aliphatic rings. The second-order valence-corrected chi connectivity index (χ2v) is 8.94. The van der Waals surface area contributed by atoms with Crippen molar-refractivity contribution in [2.24, 2.45) is 5.92 Å². The average Bonchev–Trinajstić information content (AvgIpc) is 3.45. The van der Waals surface area contributed by atoms with Crippen molar-refractivity contribution in [3.8, 4) is 0 Å². The molecule has 0 bridgehead atoms. The molecule has 2 fully saturated rings. The number of rotatable bonds is 6. The summed E-state index contributed by atoms with van der Waals surface area (Å²) in [7, 11) is 0. The fourth-order valence-corrected chi connectivity index (χ4v) is 4.98. The Labute approximate surface area is 182 Å². The fraction of sp³-hybridized carbons (Fsp3) is 0.522. The molecular weight excluding hydrogens is 400 g/mol. The number of Topliss-reactive ketones (excluding diaryl/α,β-unsaturated/α-hetero) is 1. The number of nitrogens with one attached hydrogen (secondary N) is 1. The van der Waals surface area contributed by atoms with Crippen molar-refractivity contribution in [3.05, 3.63) is 52.3 Å². The van der Waals surface area contributed by atoms with Crippen LogP contribution < -0.4 is 0 Å². The molecule has 30 heavy (non-hydrogen) atoms. The van der Waals surface area contributed by atoms with E-state index in [1.54, 1.807) is 12.3 Å². The molecule has 0 radical (unpaired) electrons. The zero-order valence-corrected chi connectivity index (χ0v) is 18.2. The Balaban J connectivity index is 1.38. The van der Waals surface area contributed by atoms with Crippen LogP contribution in [0.15, 0.2) is 30.5 Å². The lowest BCUT2D eigenvalue weighted by Gasteiger charge is -2.41. The Kier molecular flexibility index (Phi) is 6.54. The van der Waals surface area contributed by atoms with Gasteiger partial charge in [0, 0.05) is 55.8 Å². The third-order valence-corrected chi connectivity index (χ3v) is 6.89. The zero-order chi connectivity index (χ0) is 21.1. The number of hydrogen-bond acceptors (Lipinski definition) is 4. The molecule has 1 saturated carbocycles. The van der Waals surface area contributed by atoms with E-state index in [2.05, 4.69) is 26.9 Å². The summed E-state index contributed by atoms with van der Waals surface area (Å²) in [5.41, 5.74) is 2.35. The first-order valence-corrected chi connectivity index (χ1v) is 11.2. The van der Waals surface area contributed by atoms with E-state index in [1.165, 1.54) is 12.8 Å². The second-order valence-electron chi connectivity index (χ2n) is 8.56. The molecule has 160 valence electrons. The summed E-state index contributed by atoms with van der Waals surface area (Å²) in [4.78, 5) is 29.7. The third-order valence-electron chi connectivity index (χ3n) is 6.40. The van der Waals surface area contributed by atoms with E-state index in [1.807, 2.05) is 18.2 Å². The molecule has 2 aromatic rings. The van der Waals surface area contributed by atoms with Gasteiger partial charge in [0.25, 0.3) is 0 Å². The van der Waals surface area contributed by atoms with Crippen molar-refractivity contribution >= 4 is 23.3 Å². The van der Waals surface area contributed by atoms with Gasteiger partial charge in [-0.15, -0.1) is 0 Å². The van der Waals surface area contributed by atoms with Crippen LogP contribution >= 0.6 is 11.6 Å². The van der Waals surface area contributed by atoms with Gasteiger partial charge in [-0.25, -0.2) is 0 Å². The Bertz CT molecular complexity index is 893. The van der Waals surface area contributed by atoms with Gasteiger partial charge in [0.15, 0.2) is 5.78 Å². The SMILES string of the molecule is C[C@H]1CN(Cc2cccc(CC(=O)c3ccn[nH]3)c2Cl)CCN1C(=O)C1CCCC1. The maximum Gasteiger partial charge on any atom is 0.226 e. The summed E-state index contributed by atoms with van der Waals surface area (Å²) in [6, 6.07) is 7.76. The van der Waals surface area contributed by atoms with E-state index in [9.17, 15) is 9.59 Å². The second kappa shape index (κ2) is 9.31. The van der Waals surface area contributed by atoms with Crippen molar-refractivity contribution in [1.29, 1.82) is 0 Å². The average molecular weight is 429 g/mol. The van der Waals surface area contributed by atoms with E-state index in [-0.39, 0.29) is 24.2 Å². The summed E-state index contributed by atoms with van der Waals surface area (Å²) in [6.45, 7) is 5.31. The molecule has 1 aliphatic heterocycles. The van der Waals surface area contributed by atoms with Gasteiger partial charge in [-0.05, 0) is 37.0 Å². The predicted octanol–water partition coefficient (Wildman–Crippen LogP) is 3.71. The van der Waals surface area contributed by atoms with Crippen LogP contribution in [0.2, 0.25) is 5.02 Å². The number of halogens is 1. The number of aromatic nitrogens is 2. The third kappa shape index (κ3) is 4.60. The molecular formula is C23H29ClN4O2. The van der Waals surface area contributed by atoms with Crippen molar-refractivity contribution < 1.29 is 9.59 Å². The van der Waals surface area contributed by atoms with Gasteiger partial charge < -0.3 is 4.90 Å². The number of hydrogen-bond donors (Lipinski definition) is 1. The van der Waals surface area contributed by atoms with Gasteiger partial charge in [-0.2, -0.15) is 5.10 Å². The van der Waals surface area contributed by atoms with Crippen LogP contribution in [0.25, 0.3) is 0 Å². The van der Waals surface area contributed by atoms with Crippen molar-refractivity contribution in [2.75, 3.05) is 19.6 Å². The smallest absolute Gasteiger partial charge is 0.226 e. The monoisotopic (exact) mass is 428 g/mol. The van der Waals surface area contributed by atoms with Crippen LogP contribution in [0.3, 0.4) is 0 Å². The number of piperazine rings is 1. The largest absolute Gasteiger partial charge is 0.337 e. The number of ketones is 1. The van der Waals surface area contributed by atoms with Gasteiger partial charge in [0.2, 0.25) is 5.91 Å². The number of benzene rings is 1. The lowest BCUT2D eigenvalue weighted by molar-refractivity contribution is -0.140. The van der Waals surface area contributed by atoms with Crippen molar-refractivity contribution in [3.63, 3.8) is 0 Å². The van der Waals surface area contributed by atoms with Gasteiger partial charge in [-0.1, -0.05) is 42.6 Å². The van der Waals surface area contributed by atoms with Crippen LogP contribution in [-0.2, 0) is 17.8 Å². The summed E-state index contributed by atoms with van der Waals surface area (Å²) in [5, 5.41) is 7.21. The van der Waals surface area contributed by atoms with E-state index in [0.29, 0.717) is 16.6 Å². The molecule has 1 atom stereocenters. The molecule has 1 amide bonds. The summed E-state index contributed by atoms with van der Waals surface area (Å²) in [5.74, 6) is 0.550.